The van der Waals surface area contributed by atoms with Gasteiger partial charge in [0.2, 0.25) is 15.7 Å². The summed E-state index contributed by atoms with van der Waals surface area (Å²) in [5.74, 6) is -0.603. The summed E-state index contributed by atoms with van der Waals surface area (Å²) in [6.07, 6.45) is 0. The highest BCUT2D eigenvalue weighted by Gasteiger charge is 2.25. The summed E-state index contributed by atoms with van der Waals surface area (Å²) < 4.78 is 25.6. The maximum atomic E-state index is 12.8. The number of hydrogen-bond donors (Lipinski definition) is 2. The van der Waals surface area contributed by atoms with Crippen molar-refractivity contribution >= 4 is 21.4 Å². The van der Waals surface area contributed by atoms with Crippen LogP contribution < -0.4 is 5.32 Å². The van der Waals surface area contributed by atoms with Crippen molar-refractivity contribution in [3.63, 3.8) is 0 Å². The zero-order valence-corrected chi connectivity index (χ0v) is 14.3. The van der Waals surface area contributed by atoms with E-state index in [1.807, 2.05) is 6.92 Å². The molecule has 0 aliphatic rings. The van der Waals surface area contributed by atoms with E-state index in [-0.39, 0.29) is 21.4 Å². The van der Waals surface area contributed by atoms with E-state index in [1.54, 1.807) is 26.0 Å². The third-order valence-corrected chi connectivity index (χ3v) is 5.55. The van der Waals surface area contributed by atoms with E-state index in [0.29, 0.717) is 16.8 Å². The second-order valence-electron chi connectivity index (χ2n) is 5.52. The van der Waals surface area contributed by atoms with Crippen LogP contribution in [0.2, 0.25) is 0 Å². The Morgan fingerprint density at radius 1 is 1.04 bits per heavy atom. The van der Waals surface area contributed by atoms with E-state index in [4.69, 9.17) is 0 Å². The van der Waals surface area contributed by atoms with E-state index in [2.05, 4.69) is 5.32 Å². The lowest BCUT2D eigenvalue weighted by atomic mass is 10.1. The van der Waals surface area contributed by atoms with E-state index < -0.39 is 9.84 Å². The highest BCUT2D eigenvalue weighted by atomic mass is 32.2. The van der Waals surface area contributed by atoms with Crippen molar-refractivity contribution < 1.29 is 18.3 Å². The summed E-state index contributed by atoms with van der Waals surface area (Å²) in [6, 6.07) is 7.68. The number of aryl methyl sites for hydroxylation is 1. The Kier molecular flexibility index (Phi) is 4.47. The van der Waals surface area contributed by atoms with E-state index in [1.165, 1.54) is 25.1 Å². The molecule has 5 nitrogen and oxygen atoms in total. The van der Waals surface area contributed by atoms with Crippen LogP contribution in [-0.2, 0) is 14.6 Å². The highest BCUT2D eigenvalue weighted by molar-refractivity contribution is 7.91. The van der Waals surface area contributed by atoms with Crippen LogP contribution in [0.15, 0.2) is 40.1 Å². The summed E-state index contributed by atoms with van der Waals surface area (Å²) in [7, 11) is -3.89. The lowest BCUT2D eigenvalue weighted by Crippen LogP contribution is -2.10. The molecule has 2 aromatic rings. The smallest absolute Gasteiger partial charge is 0.221 e. The molecule has 0 saturated carbocycles. The molecule has 23 heavy (non-hydrogen) atoms. The number of amides is 1. The van der Waals surface area contributed by atoms with Gasteiger partial charge in [-0.15, -0.1) is 0 Å². The minimum atomic E-state index is -3.89. The maximum Gasteiger partial charge on any atom is 0.221 e. The average molecular weight is 333 g/mol. The molecule has 0 aromatic heterocycles. The Bertz CT molecular complexity index is 868. The van der Waals surface area contributed by atoms with Crippen LogP contribution in [0.3, 0.4) is 0 Å². The first kappa shape index (κ1) is 17.0. The third kappa shape index (κ3) is 3.22. The van der Waals surface area contributed by atoms with E-state index in [9.17, 15) is 18.3 Å². The SMILES string of the molecule is CC(=O)Nc1cc(S(=O)(=O)c2ccc(C)cc2)c(O)c(C)c1C. The Balaban J connectivity index is 2.69. The van der Waals surface area contributed by atoms with Crippen LogP contribution in [-0.4, -0.2) is 19.4 Å². The number of phenols is 1. The molecule has 0 heterocycles. The molecule has 0 aliphatic carbocycles. The van der Waals surface area contributed by atoms with Crippen LogP contribution in [0.1, 0.15) is 23.6 Å². The Labute approximate surface area is 135 Å². The second kappa shape index (κ2) is 6.04. The average Bonchev–Trinajstić information content (AvgIpc) is 2.47. The van der Waals surface area contributed by atoms with Gasteiger partial charge in [0, 0.05) is 12.6 Å². The zero-order valence-electron chi connectivity index (χ0n) is 13.5. The zero-order chi connectivity index (χ0) is 17.4. The van der Waals surface area contributed by atoms with Gasteiger partial charge in [-0.3, -0.25) is 4.79 Å². The topological polar surface area (TPSA) is 83.5 Å². The fourth-order valence-corrected chi connectivity index (χ4v) is 3.67. The van der Waals surface area contributed by atoms with Crippen LogP contribution in [0.4, 0.5) is 5.69 Å². The number of sulfone groups is 1. The van der Waals surface area contributed by atoms with Gasteiger partial charge in [0.15, 0.2) is 0 Å². The lowest BCUT2D eigenvalue weighted by Gasteiger charge is -2.15. The van der Waals surface area contributed by atoms with Gasteiger partial charge >= 0.3 is 0 Å². The van der Waals surface area contributed by atoms with Crippen molar-refractivity contribution in [1.82, 2.24) is 0 Å². The monoisotopic (exact) mass is 333 g/mol. The van der Waals surface area contributed by atoms with Gasteiger partial charge in [-0.1, -0.05) is 17.7 Å². The largest absolute Gasteiger partial charge is 0.506 e. The van der Waals surface area contributed by atoms with Gasteiger partial charge < -0.3 is 10.4 Å². The molecule has 0 unspecified atom stereocenters. The van der Waals surface area contributed by atoms with Crippen molar-refractivity contribution in [3.8, 4) is 5.75 Å². The summed E-state index contributed by atoms with van der Waals surface area (Å²) >= 11 is 0. The number of carbonyl (C=O) groups is 1. The second-order valence-corrected chi connectivity index (χ2v) is 7.44. The number of nitrogens with one attached hydrogen (secondary N) is 1. The third-order valence-electron chi connectivity index (χ3n) is 3.76. The molecule has 0 aliphatic heterocycles. The van der Waals surface area contributed by atoms with Crippen LogP contribution >= 0.6 is 0 Å². The summed E-state index contributed by atoms with van der Waals surface area (Å²) in [5.41, 5.74) is 2.35. The molecular weight excluding hydrogens is 314 g/mol. The fourth-order valence-electron chi connectivity index (χ4n) is 2.24. The minimum Gasteiger partial charge on any atom is -0.506 e. The van der Waals surface area contributed by atoms with Crippen molar-refractivity contribution in [3.05, 3.63) is 47.0 Å². The van der Waals surface area contributed by atoms with Gasteiger partial charge in [-0.2, -0.15) is 0 Å². The number of rotatable bonds is 3. The summed E-state index contributed by atoms with van der Waals surface area (Å²) in [4.78, 5) is 11.2. The molecule has 2 rings (SSSR count). The van der Waals surface area contributed by atoms with Gasteiger partial charge in [0.05, 0.1) is 4.90 Å². The van der Waals surface area contributed by atoms with Crippen LogP contribution in [0.5, 0.6) is 5.75 Å². The molecule has 0 radical (unpaired) electrons. The van der Waals surface area contributed by atoms with Crippen molar-refractivity contribution in [2.45, 2.75) is 37.5 Å². The number of aromatic hydroxyl groups is 1. The molecule has 0 saturated heterocycles. The Morgan fingerprint density at radius 3 is 2.13 bits per heavy atom. The fraction of sp³-hybridized carbons (Fsp3) is 0.235. The molecule has 0 spiro atoms. The highest BCUT2D eigenvalue weighted by Crippen LogP contribution is 2.37. The van der Waals surface area contributed by atoms with Crippen molar-refractivity contribution in [2.75, 3.05) is 5.32 Å². The predicted molar refractivity (Wildman–Crippen MR) is 88.5 cm³/mol. The van der Waals surface area contributed by atoms with Gasteiger partial charge in [-0.05, 0) is 50.1 Å². The number of carbonyl (C=O) groups excluding carboxylic acids is 1. The molecule has 2 aromatic carbocycles. The van der Waals surface area contributed by atoms with E-state index >= 15 is 0 Å². The molecule has 2 N–H and O–H groups in total. The molecule has 0 atom stereocenters. The molecule has 1 amide bonds. The first-order valence-corrected chi connectivity index (χ1v) is 8.55. The maximum absolute atomic E-state index is 12.8. The van der Waals surface area contributed by atoms with Crippen LogP contribution in [0, 0.1) is 20.8 Å². The number of benzene rings is 2. The first-order valence-electron chi connectivity index (χ1n) is 7.07. The normalized spacial score (nSPS) is 11.3. The first-order chi connectivity index (χ1) is 10.6. The Hall–Kier alpha value is -2.34. The summed E-state index contributed by atoms with van der Waals surface area (Å²) in [6.45, 7) is 6.53. The number of hydrogen-bond acceptors (Lipinski definition) is 4. The molecular formula is C17H19NO4S. The van der Waals surface area contributed by atoms with E-state index in [0.717, 1.165) is 5.56 Å². The molecule has 122 valence electrons. The standard InChI is InChI=1S/C17H19NO4S/c1-10-5-7-14(8-6-10)23(21,22)16-9-15(18-13(4)19)11(2)12(3)17(16)20/h5-9,20H,1-4H3,(H,18,19). The molecule has 6 heteroatoms. The van der Waals surface area contributed by atoms with Crippen LogP contribution in [0.25, 0.3) is 0 Å². The van der Waals surface area contributed by atoms with Gasteiger partial charge in [-0.25, -0.2) is 8.42 Å². The number of phenolic OH excluding ortho intramolecular Hbond substituents is 1. The number of anilines is 1. The van der Waals surface area contributed by atoms with Gasteiger partial charge in [0.25, 0.3) is 0 Å². The quantitative estimate of drug-likeness (QED) is 0.845. The Morgan fingerprint density at radius 2 is 1.61 bits per heavy atom. The minimum absolute atomic E-state index is 0.0930. The predicted octanol–water partition coefficient (Wildman–Crippen LogP) is 3.11. The van der Waals surface area contributed by atoms with Gasteiger partial charge in [0.1, 0.15) is 10.6 Å². The lowest BCUT2D eigenvalue weighted by molar-refractivity contribution is -0.114. The molecule has 0 fully saturated rings. The van der Waals surface area contributed by atoms with Crippen molar-refractivity contribution in [2.24, 2.45) is 0 Å². The molecule has 0 bridgehead atoms. The summed E-state index contributed by atoms with van der Waals surface area (Å²) in [5, 5.41) is 12.9. The van der Waals surface area contributed by atoms with Crippen molar-refractivity contribution in [1.29, 1.82) is 0 Å².